The molecule has 6 nitrogen and oxygen atoms in total. The molecule has 0 atom stereocenters. The Bertz CT molecular complexity index is 339. The summed E-state index contributed by atoms with van der Waals surface area (Å²) in [6.07, 6.45) is 2.07. The Labute approximate surface area is 74.5 Å². The largest absolute Gasteiger partial charge is 0.339 e. The quantitative estimate of drug-likeness (QED) is 0.518. The van der Waals surface area contributed by atoms with E-state index in [9.17, 15) is 4.79 Å². The number of aromatic nitrogens is 2. The number of amides is 1. The smallest absolute Gasteiger partial charge is 0.233 e. The number of hydrogen-bond acceptors (Lipinski definition) is 5. The van der Waals surface area contributed by atoms with E-state index in [0.29, 0.717) is 18.1 Å². The fourth-order valence-electron chi connectivity index (χ4n) is 0.787. The van der Waals surface area contributed by atoms with Gasteiger partial charge in [0.05, 0.1) is 0 Å². The van der Waals surface area contributed by atoms with E-state index in [0.717, 1.165) is 0 Å². The molecule has 0 aromatic carbocycles. The van der Waals surface area contributed by atoms with Crippen molar-refractivity contribution in [3.05, 3.63) is 11.7 Å². The van der Waals surface area contributed by atoms with Gasteiger partial charge >= 0.3 is 0 Å². The summed E-state index contributed by atoms with van der Waals surface area (Å²) in [5, 5.41) is 13.7. The van der Waals surface area contributed by atoms with Crippen LogP contribution in [-0.2, 0) is 11.2 Å². The van der Waals surface area contributed by atoms with Crippen molar-refractivity contribution < 1.29 is 9.32 Å². The van der Waals surface area contributed by atoms with Gasteiger partial charge in [-0.15, -0.1) is 0 Å². The highest BCUT2D eigenvalue weighted by atomic mass is 16.5. The molecule has 0 spiro atoms. The van der Waals surface area contributed by atoms with Gasteiger partial charge in [0.25, 0.3) is 0 Å². The first-order chi connectivity index (χ1) is 6.22. The average Bonchev–Trinajstić information content (AvgIpc) is 2.49. The molecule has 0 saturated carbocycles. The predicted molar refractivity (Wildman–Crippen MR) is 41.1 cm³/mol. The Morgan fingerprint density at radius 1 is 1.77 bits per heavy atom. The summed E-state index contributed by atoms with van der Waals surface area (Å²) in [6.45, 7) is 1.70. The molecule has 0 aliphatic rings. The first-order valence-corrected chi connectivity index (χ1v) is 3.69. The second kappa shape index (κ2) is 4.21. The van der Waals surface area contributed by atoms with Crippen molar-refractivity contribution in [2.24, 2.45) is 0 Å². The van der Waals surface area contributed by atoms with Crippen LogP contribution in [0.15, 0.2) is 4.52 Å². The number of aryl methyl sites for hydroxylation is 2. The van der Waals surface area contributed by atoms with E-state index in [1.165, 1.54) is 0 Å². The summed E-state index contributed by atoms with van der Waals surface area (Å²) in [7, 11) is 0. The number of carbonyl (C=O) groups is 1. The van der Waals surface area contributed by atoms with Crippen molar-refractivity contribution in [2.45, 2.75) is 19.8 Å². The maximum atomic E-state index is 10.8. The van der Waals surface area contributed by atoms with E-state index >= 15 is 0 Å². The van der Waals surface area contributed by atoms with Gasteiger partial charge in [0.1, 0.15) is 0 Å². The van der Waals surface area contributed by atoms with E-state index < -0.39 is 0 Å². The molecule has 68 valence electrons. The molecular formula is C7H8N4O2. The van der Waals surface area contributed by atoms with Crippen molar-refractivity contribution in [1.29, 1.82) is 5.26 Å². The number of carbonyl (C=O) groups excluding carboxylic acids is 1. The molecule has 1 aromatic rings. The summed E-state index contributed by atoms with van der Waals surface area (Å²) in [5.41, 5.74) is 0. The molecule has 1 amide bonds. The molecule has 1 N–H and O–H groups in total. The zero-order chi connectivity index (χ0) is 9.68. The van der Waals surface area contributed by atoms with Gasteiger partial charge in [-0.25, -0.2) is 0 Å². The average molecular weight is 180 g/mol. The molecule has 0 aliphatic heterocycles. The summed E-state index contributed by atoms with van der Waals surface area (Å²) >= 11 is 0. The highest BCUT2D eigenvalue weighted by molar-refractivity contribution is 5.77. The maximum absolute atomic E-state index is 10.8. The number of nitrogens with zero attached hydrogens (tertiary/aromatic N) is 3. The highest BCUT2D eigenvalue weighted by Gasteiger charge is 2.06. The fourth-order valence-corrected chi connectivity index (χ4v) is 0.787. The fraction of sp³-hybridized carbons (Fsp3) is 0.429. The van der Waals surface area contributed by atoms with Crippen LogP contribution in [0.25, 0.3) is 0 Å². The van der Waals surface area contributed by atoms with Gasteiger partial charge in [0, 0.05) is 12.8 Å². The molecule has 0 saturated heterocycles. The third-order valence-corrected chi connectivity index (χ3v) is 1.33. The minimum atomic E-state index is -0.349. The van der Waals surface area contributed by atoms with Gasteiger partial charge in [-0.2, -0.15) is 10.2 Å². The second-order valence-electron chi connectivity index (χ2n) is 2.40. The lowest BCUT2D eigenvalue weighted by Gasteiger charge is -1.91. The standard InChI is InChI=1S/C7H8N4O2/c1-5-10-7(13-11-5)3-2-6(12)9-4-8/h2-3H2,1H3,(H,9,12). The molecule has 6 heteroatoms. The zero-order valence-electron chi connectivity index (χ0n) is 7.07. The van der Waals surface area contributed by atoms with E-state index in [-0.39, 0.29) is 12.3 Å². The van der Waals surface area contributed by atoms with Crippen molar-refractivity contribution in [3.63, 3.8) is 0 Å². The van der Waals surface area contributed by atoms with Gasteiger partial charge in [-0.05, 0) is 6.92 Å². The van der Waals surface area contributed by atoms with Crippen LogP contribution >= 0.6 is 0 Å². The molecule has 13 heavy (non-hydrogen) atoms. The minimum Gasteiger partial charge on any atom is -0.339 e. The summed E-state index contributed by atoms with van der Waals surface area (Å²) in [4.78, 5) is 14.7. The van der Waals surface area contributed by atoms with E-state index in [2.05, 4.69) is 10.1 Å². The van der Waals surface area contributed by atoms with Gasteiger partial charge in [0.2, 0.25) is 11.8 Å². The van der Waals surface area contributed by atoms with Crippen LogP contribution in [0.2, 0.25) is 0 Å². The molecule has 0 fully saturated rings. The number of hydrogen-bond donors (Lipinski definition) is 1. The molecule has 0 aliphatic carbocycles. The minimum absolute atomic E-state index is 0.176. The number of nitrogens with one attached hydrogen (secondary N) is 1. The molecule has 1 heterocycles. The van der Waals surface area contributed by atoms with E-state index in [4.69, 9.17) is 9.78 Å². The van der Waals surface area contributed by atoms with Crippen molar-refractivity contribution in [1.82, 2.24) is 15.5 Å². The van der Waals surface area contributed by atoms with Gasteiger partial charge in [0.15, 0.2) is 12.0 Å². The Morgan fingerprint density at radius 3 is 3.08 bits per heavy atom. The maximum Gasteiger partial charge on any atom is 0.233 e. The van der Waals surface area contributed by atoms with Gasteiger partial charge < -0.3 is 4.52 Å². The van der Waals surface area contributed by atoms with Crippen LogP contribution in [0.5, 0.6) is 0 Å². The van der Waals surface area contributed by atoms with Crippen LogP contribution in [0.1, 0.15) is 18.1 Å². The lowest BCUT2D eigenvalue weighted by molar-refractivity contribution is -0.120. The van der Waals surface area contributed by atoms with Gasteiger partial charge in [-0.1, -0.05) is 5.16 Å². The Morgan fingerprint density at radius 2 is 2.54 bits per heavy atom. The Hall–Kier alpha value is -1.90. The molecule has 0 unspecified atom stereocenters. The van der Waals surface area contributed by atoms with Crippen molar-refractivity contribution in [2.75, 3.05) is 0 Å². The van der Waals surface area contributed by atoms with Gasteiger partial charge in [-0.3, -0.25) is 10.1 Å². The van der Waals surface area contributed by atoms with Crippen LogP contribution in [0, 0.1) is 18.4 Å². The Kier molecular flexibility index (Phi) is 2.97. The van der Waals surface area contributed by atoms with Crippen LogP contribution in [0.4, 0.5) is 0 Å². The molecule has 0 bridgehead atoms. The summed E-state index contributed by atoms with van der Waals surface area (Å²) in [6, 6.07) is 0. The zero-order valence-corrected chi connectivity index (χ0v) is 7.07. The van der Waals surface area contributed by atoms with Crippen LogP contribution in [0.3, 0.4) is 0 Å². The topological polar surface area (TPSA) is 91.8 Å². The molecule has 1 rings (SSSR count). The Balaban J connectivity index is 2.36. The molecular weight excluding hydrogens is 172 g/mol. The summed E-state index contributed by atoms with van der Waals surface area (Å²) in [5.74, 6) is 0.597. The monoisotopic (exact) mass is 180 g/mol. The third-order valence-electron chi connectivity index (χ3n) is 1.33. The number of nitriles is 1. The SMILES string of the molecule is Cc1noc(CCC(=O)NC#N)n1. The first kappa shape index (κ1) is 9.19. The number of rotatable bonds is 3. The van der Waals surface area contributed by atoms with E-state index in [1.54, 1.807) is 13.1 Å². The first-order valence-electron chi connectivity index (χ1n) is 3.69. The lowest BCUT2D eigenvalue weighted by atomic mass is 10.3. The normalized spacial score (nSPS) is 9.23. The highest BCUT2D eigenvalue weighted by Crippen LogP contribution is 1.99. The third kappa shape index (κ3) is 2.91. The van der Waals surface area contributed by atoms with Crippen LogP contribution in [-0.4, -0.2) is 16.0 Å². The lowest BCUT2D eigenvalue weighted by Crippen LogP contribution is -2.17. The van der Waals surface area contributed by atoms with E-state index in [1.807, 2.05) is 5.32 Å². The second-order valence-corrected chi connectivity index (χ2v) is 2.40. The molecule has 1 aromatic heterocycles. The predicted octanol–water partition coefficient (Wildman–Crippen LogP) is -0.0921. The summed E-state index contributed by atoms with van der Waals surface area (Å²) < 4.78 is 4.77. The van der Waals surface area contributed by atoms with Crippen LogP contribution < -0.4 is 5.32 Å². The van der Waals surface area contributed by atoms with Crippen molar-refractivity contribution >= 4 is 5.91 Å². The van der Waals surface area contributed by atoms with Crippen molar-refractivity contribution in [3.8, 4) is 6.19 Å². The molecule has 0 radical (unpaired) electrons.